The van der Waals surface area contributed by atoms with Gasteiger partial charge in [0.1, 0.15) is 11.5 Å². The summed E-state index contributed by atoms with van der Waals surface area (Å²) in [5, 5.41) is 0. The summed E-state index contributed by atoms with van der Waals surface area (Å²) in [4.78, 5) is 20.4. The molecule has 2 heterocycles. The van der Waals surface area contributed by atoms with E-state index in [1.165, 1.54) is 0 Å². The lowest BCUT2D eigenvalue weighted by Crippen LogP contribution is -2.25. The number of fused-ring (bicyclic) bond motifs is 2. The quantitative estimate of drug-likeness (QED) is 0.107. The molecule has 1 aliphatic carbocycles. The number of nitrogens with zero attached hydrogens (tertiary/aromatic N) is 4. The number of hydrogen-bond acceptors (Lipinski definition) is 4. The van der Waals surface area contributed by atoms with Crippen molar-refractivity contribution >= 4 is 17.7 Å². The van der Waals surface area contributed by atoms with Crippen LogP contribution in [0.5, 0.6) is 11.5 Å². The van der Waals surface area contributed by atoms with Crippen molar-refractivity contribution in [1.82, 2.24) is 9.97 Å². The number of amidine groups is 1. The number of aryl methyl sites for hydroxylation is 1. The van der Waals surface area contributed by atoms with Gasteiger partial charge in [0.05, 0.1) is 17.1 Å². The number of ether oxygens (including phenoxy) is 1. The third kappa shape index (κ3) is 8.43. The van der Waals surface area contributed by atoms with Gasteiger partial charge in [-0.05, 0) is 59.4 Å². The Hall–Kier alpha value is -8.28. The zero-order valence-electron chi connectivity index (χ0n) is 37.3. The van der Waals surface area contributed by atoms with Gasteiger partial charge in [-0.2, -0.15) is 0 Å². The Morgan fingerprint density at radius 1 is 0.591 bits per heavy atom. The van der Waals surface area contributed by atoms with Gasteiger partial charge < -0.3 is 4.74 Å². The lowest BCUT2D eigenvalue weighted by Gasteiger charge is -2.36. The molecular formula is C61H48N4O. The maximum absolute atomic E-state index is 7.27. The third-order valence-electron chi connectivity index (χ3n) is 12.4. The minimum Gasteiger partial charge on any atom is -0.455 e. The minimum atomic E-state index is -0.380. The van der Waals surface area contributed by atoms with E-state index in [0.29, 0.717) is 17.4 Å². The van der Waals surface area contributed by atoms with Gasteiger partial charge in [-0.25, -0.2) is 20.0 Å². The zero-order chi connectivity index (χ0) is 45.0. The monoisotopic (exact) mass is 852 g/mol. The molecule has 0 bridgehead atoms. The van der Waals surface area contributed by atoms with Crippen molar-refractivity contribution in [1.29, 1.82) is 0 Å². The number of para-hydroxylation sites is 2. The first-order chi connectivity index (χ1) is 32.3. The summed E-state index contributed by atoms with van der Waals surface area (Å²) in [7, 11) is 0. The molecule has 0 saturated carbocycles. The lowest BCUT2D eigenvalue weighted by atomic mass is 9.73. The van der Waals surface area contributed by atoms with Crippen LogP contribution in [0.4, 0.5) is 0 Å². The SMILES string of the molecule is C=C(N=C(N=CC1=CCC=CC=C1)c1cccc(-c2cccc3c2Oc2c(-c4cc(-c5nc(-c6ccccc6)cc(-c6ccccc6)n5)ccc4C)cccc2C3(C)C)c1)c1ccccc1. The topological polar surface area (TPSA) is 59.7 Å². The Morgan fingerprint density at radius 3 is 1.89 bits per heavy atom. The van der Waals surface area contributed by atoms with E-state index in [2.05, 4.69) is 161 Å². The molecule has 1 aliphatic heterocycles. The molecule has 318 valence electrons. The van der Waals surface area contributed by atoms with Crippen LogP contribution in [0.2, 0.25) is 0 Å². The highest BCUT2D eigenvalue weighted by Crippen LogP contribution is 2.54. The van der Waals surface area contributed by atoms with Gasteiger partial charge in [-0.1, -0.05) is 209 Å². The first-order valence-corrected chi connectivity index (χ1v) is 22.4. The van der Waals surface area contributed by atoms with Crippen LogP contribution in [-0.4, -0.2) is 22.0 Å². The summed E-state index contributed by atoms with van der Waals surface area (Å²) in [6.45, 7) is 11.1. The maximum atomic E-state index is 7.27. The van der Waals surface area contributed by atoms with Crippen molar-refractivity contribution < 1.29 is 4.74 Å². The number of aliphatic imine (C=N–C) groups is 2. The van der Waals surface area contributed by atoms with Gasteiger partial charge in [0, 0.05) is 56.1 Å². The van der Waals surface area contributed by atoms with Crippen LogP contribution < -0.4 is 4.74 Å². The fourth-order valence-corrected chi connectivity index (χ4v) is 8.75. The molecule has 0 unspecified atom stereocenters. The van der Waals surface area contributed by atoms with Crippen LogP contribution in [0, 0.1) is 6.92 Å². The molecule has 0 radical (unpaired) electrons. The predicted molar refractivity (Wildman–Crippen MR) is 274 cm³/mol. The third-order valence-corrected chi connectivity index (χ3v) is 12.4. The summed E-state index contributed by atoms with van der Waals surface area (Å²) < 4.78 is 7.27. The van der Waals surface area contributed by atoms with Crippen molar-refractivity contribution in [3.63, 3.8) is 0 Å². The van der Waals surface area contributed by atoms with Gasteiger partial charge >= 0.3 is 0 Å². The molecule has 5 nitrogen and oxygen atoms in total. The van der Waals surface area contributed by atoms with E-state index in [0.717, 1.165) is 102 Å². The van der Waals surface area contributed by atoms with E-state index in [9.17, 15) is 0 Å². The number of hydrogen-bond donors (Lipinski definition) is 0. The van der Waals surface area contributed by atoms with Crippen LogP contribution in [0.3, 0.4) is 0 Å². The molecule has 0 atom stereocenters. The predicted octanol–water partition coefficient (Wildman–Crippen LogP) is 15.5. The Bertz CT molecular complexity index is 3230. The molecule has 0 amide bonds. The Balaban J connectivity index is 1.06. The molecule has 66 heavy (non-hydrogen) atoms. The highest BCUT2D eigenvalue weighted by molar-refractivity contribution is 6.08. The fraction of sp³-hybridized carbons (Fsp3) is 0.0820. The molecule has 0 fully saturated rings. The van der Waals surface area contributed by atoms with Gasteiger partial charge in [-0.15, -0.1) is 0 Å². The average molecular weight is 853 g/mol. The second-order valence-electron chi connectivity index (χ2n) is 17.1. The molecular weight excluding hydrogens is 805 g/mol. The summed E-state index contributed by atoms with van der Waals surface area (Å²) in [5.74, 6) is 2.90. The lowest BCUT2D eigenvalue weighted by molar-refractivity contribution is 0.421. The molecule has 5 heteroatoms. The second kappa shape index (κ2) is 18.1. The highest BCUT2D eigenvalue weighted by Gasteiger charge is 2.37. The molecule has 10 rings (SSSR count). The van der Waals surface area contributed by atoms with Crippen molar-refractivity contribution in [3.05, 3.63) is 246 Å². The molecule has 0 saturated heterocycles. The molecule has 0 N–H and O–H groups in total. The van der Waals surface area contributed by atoms with Crippen LogP contribution in [-0.2, 0) is 5.41 Å². The van der Waals surface area contributed by atoms with E-state index in [1.54, 1.807) is 0 Å². The van der Waals surface area contributed by atoms with Crippen LogP contribution in [0.15, 0.2) is 228 Å². The van der Waals surface area contributed by atoms with Crippen LogP contribution in [0.1, 0.15) is 48.1 Å². The molecule has 8 aromatic rings. The Kier molecular flexibility index (Phi) is 11.4. The van der Waals surface area contributed by atoms with E-state index < -0.39 is 0 Å². The van der Waals surface area contributed by atoms with Gasteiger partial charge in [0.25, 0.3) is 0 Å². The normalized spacial score (nSPS) is 13.9. The van der Waals surface area contributed by atoms with Crippen molar-refractivity contribution in [2.75, 3.05) is 0 Å². The molecule has 2 aliphatic rings. The molecule has 7 aromatic carbocycles. The zero-order valence-corrected chi connectivity index (χ0v) is 37.3. The minimum absolute atomic E-state index is 0.380. The van der Waals surface area contributed by atoms with Crippen molar-refractivity contribution in [2.45, 2.75) is 32.6 Å². The Labute approximate surface area is 387 Å². The summed E-state index contributed by atoms with van der Waals surface area (Å²) in [5.41, 5.74) is 15.2. The van der Waals surface area contributed by atoms with Crippen LogP contribution in [0.25, 0.3) is 61.9 Å². The molecule has 0 spiro atoms. The number of aromatic nitrogens is 2. The number of benzene rings is 7. The Morgan fingerprint density at radius 2 is 1.20 bits per heavy atom. The van der Waals surface area contributed by atoms with Gasteiger partial charge in [-0.3, -0.25) is 0 Å². The first kappa shape index (κ1) is 41.7. The van der Waals surface area contributed by atoms with E-state index in [-0.39, 0.29) is 5.41 Å². The summed E-state index contributed by atoms with van der Waals surface area (Å²) in [6, 6.07) is 60.6. The second-order valence-corrected chi connectivity index (χ2v) is 17.1. The smallest absolute Gasteiger partial charge is 0.160 e. The highest BCUT2D eigenvalue weighted by atomic mass is 16.5. The van der Waals surface area contributed by atoms with E-state index >= 15 is 0 Å². The average Bonchev–Trinajstić information content (AvgIpc) is 3.65. The van der Waals surface area contributed by atoms with Crippen molar-refractivity contribution in [2.24, 2.45) is 9.98 Å². The van der Waals surface area contributed by atoms with Gasteiger partial charge in [0.2, 0.25) is 0 Å². The van der Waals surface area contributed by atoms with Crippen LogP contribution >= 0.6 is 0 Å². The number of rotatable bonds is 9. The first-order valence-electron chi connectivity index (χ1n) is 22.4. The summed E-state index contributed by atoms with van der Waals surface area (Å²) >= 11 is 0. The maximum Gasteiger partial charge on any atom is 0.160 e. The molecule has 1 aromatic heterocycles. The standard InChI is InChI=1S/C61H48N4O/c1-41-35-36-49(60-64-55(45-25-14-8-15-26-45)39-56(65-60)46-27-16-9-17-28-46)38-52(41)51-32-20-34-54-58(51)66-57-50(31-19-33-53(57)61(54,3)4)47-29-18-30-48(37-47)59(62-40-43-21-10-5-6-11-22-43)63-42(2)44-23-12-7-13-24-44/h5-10,12-40H,2,11H2,1,3-4H3. The largest absolute Gasteiger partial charge is 0.455 e. The fourth-order valence-electron chi connectivity index (χ4n) is 8.75. The van der Waals surface area contributed by atoms with E-state index in [1.807, 2.05) is 79.0 Å². The van der Waals surface area contributed by atoms with E-state index in [4.69, 9.17) is 24.7 Å². The van der Waals surface area contributed by atoms with Gasteiger partial charge in [0.15, 0.2) is 11.7 Å². The van der Waals surface area contributed by atoms with Crippen molar-refractivity contribution in [3.8, 4) is 67.7 Å². The summed E-state index contributed by atoms with van der Waals surface area (Å²) in [6.07, 6.45) is 13.1. The number of allylic oxidation sites excluding steroid dienone is 6.